The fourth-order valence-electron chi connectivity index (χ4n) is 2.16. The zero-order valence-electron chi connectivity index (χ0n) is 10.9. The lowest BCUT2D eigenvalue weighted by atomic mass is 10.1. The lowest BCUT2D eigenvalue weighted by Gasteiger charge is -2.09. The molecule has 1 amide bonds. The van der Waals surface area contributed by atoms with Crippen LogP contribution in [-0.2, 0) is 11.2 Å². The molecule has 6 heteroatoms. The smallest absolute Gasteiger partial charge is 0.354 e. The summed E-state index contributed by atoms with van der Waals surface area (Å²) in [5, 5.41) is 11.4. The number of thioether (sulfide) groups is 1. The maximum Gasteiger partial charge on any atom is 0.354 e. The van der Waals surface area contributed by atoms with Gasteiger partial charge in [-0.1, -0.05) is 24.3 Å². The van der Waals surface area contributed by atoms with Crippen molar-refractivity contribution in [2.75, 3.05) is 5.32 Å². The van der Waals surface area contributed by atoms with Crippen molar-refractivity contribution in [1.82, 2.24) is 4.98 Å². The summed E-state index contributed by atoms with van der Waals surface area (Å²) in [6.07, 6.45) is 0.672. The van der Waals surface area contributed by atoms with Gasteiger partial charge in [-0.15, -0.1) is 11.8 Å². The highest BCUT2D eigenvalue weighted by atomic mass is 32.2. The molecule has 0 bridgehead atoms. The maximum atomic E-state index is 12.2. The van der Waals surface area contributed by atoms with E-state index in [1.54, 1.807) is 12.1 Å². The first-order valence-corrected chi connectivity index (χ1v) is 7.27. The van der Waals surface area contributed by atoms with Crippen LogP contribution in [0.5, 0.6) is 0 Å². The van der Waals surface area contributed by atoms with E-state index in [1.165, 1.54) is 17.8 Å². The minimum Gasteiger partial charge on any atom is -0.477 e. The van der Waals surface area contributed by atoms with Gasteiger partial charge in [0.25, 0.3) is 0 Å². The molecule has 2 aromatic rings. The van der Waals surface area contributed by atoms with Crippen molar-refractivity contribution in [2.45, 2.75) is 16.6 Å². The Labute approximate surface area is 125 Å². The number of benzene rings is 1. The van der Waals surface area contributed by atoms with Crippen LogP contribution < -0.4 is 5.32 Å². The molecule has 106 valence electrons. The third kappa shape index (κ3) is 2.90. The minimum absolute atomic E-state index is 0.0878. The first-order chi connectivity index (χ1) is 10.1. The zero-order valence-corrected chi connectivity index (χ0v) is 11.8. The molecule has 0 aliphatic carbocycles. The fourth-order valence-corrected chi connectivity index (χ4v) is 3.35. The van der Waals surface area contributed by atoms with E-state index in [-0.39, 0.29) is 22.7 Å². The van der Waals surface area contributed by atoms with Gasteiger partial charge in [-0.05, 0) is 30.2 Å². The van der Waals surface area contributed by atoms with Crippen LogP contribution in [0, 0.1) is 0 Å². The Morgan fingerprint density at radius 2 is 2.00 bits per heavy atom. The SMILES string of the molecule is O=C(O)c1cccc(NC(=O)C2Cc3ccccc3S2)n1. The molecule has 5 nitrogen and oxygen atoms in total. The summed E-state index contributed by atoms with van der Waals surface area (Å²) < 4.78 is 0. The molecule has 0 radical (unpaired) electrons. The number of pyridine rings is 1. The zero-order chi connectivity index (χ0) is 14.8. The van der Waals surface area contributed by atoms with E-state index in [9.17, 15) is 9.59 Å². The molecular formula is C15H12N2O3S. The normalized spacial score (nSPS) is 16.3. The Balaban J connectivity index is 1.71. The Morgan fingerprint density at radius 3 is 2.76 bits per heavy atom. The van der Waals surface area contributed by atoms with Gasteiger partial charge >= 0.3 is 5.97 Å². The van der Waals surface area contributed by atoms with Gasteiger partial charge in [0.05, 0.1) is 5.25 Å². The number of aromatic nitrogens is 1. The number of aromatic carboxylic acids is 1. The number of nitrogens with one attached hydrogen (secondary N) is 1. The van der Waals surface area contributed by atoms with Crippen molar-refractivity contribution >= 4 is 29.5 Å². The van der Waals surface area contributed by atoms with E-state index in [4.69, 9.17) is 5.11 Å². The van der Waals surface area contributed by atoms with Crippen molar-refractivity contribution < 1.29 is 14.7 Å². The average Bonchev–Trinajstić information content (AvgIpc) is 2.91. The number of nitrogens with zero attached hydrogens (tertiary/aromatic N) is 1. The first-order valence-electron chi connectivity index (χ1n) is 6.39. The van der Waals surface area contributed by atoms with Gasteiger partial charge in [0.1, 0.15) is 5.82 Å². The lowest BCUT2D eigenvalue weighted by molar-refractivity contribution is -0.115. The quantitative estimate of drug-likeness (QED) is 0.910. The largest absolute Gasteiger partial charge is 0.477 e. The highest BCUT2D eigenvalue weighted by molar-refractivity contribution is 8.01. The molecule has 1 unspecified atom stereocenters. The molecule has 1 aliphatic rings. The molecule has 0 saturated carbocycles. The van der Waals surface area contributed by atoms with Crippen molar-refractivity contribution in [3.8, 4) is 0 Å². The summed E-state index contributed by atoms with van der Waals surface area (Å²) in [6.45, 7) is 0. The van der Waals surface area contributed by atoms with Crippen LogP contribution in [0.3, 0.4) is 0 Å². The Morgan fingerprint density at radius 1 is 1.19 bits per heavy atom. The molecule has 2 heterocycles. The third-order valence-electron chi connectivity index (χ3n) is 3.16. The molecule has 0 fully saturated rings. The molecule has 2 N–H and O–H groups in total. The number of anilines is 1. The number of hydrogen-bond acceptors (Lipinski definition) is 4. The molecule has 1 atom stereocenters. The van der Waals surface area contributed by atoms with Crippen LogP contribution in [0.25, 0.3) is 0 Å². The Bertz CT molecular complexity index is 693. The van der Waals surface area contributed by atoms with E-state index in [0.29, 0.717) is 6.42 Å². The second kappa shape index (κ2) is 5.57. The topological polar surface area (TPSA) is 79.3 Å². The number of carboxylic acids is 1. The Kier molecular flexibility index (Phi) is 3.62. The summed E-state index contributed by atoms with van der Waals surface area (Å²) in [4.78, 5) is 28.1. The summed E-state index contributed by atoms with van der Waals surface area (Å²) in [7, 11) is 0. The van der Waals surface area contributed by atoms with Crippen LogP contribution in [0.2, 0.25) is 0 Å². The van der Waals surface area contributed by atoms with Crippen molar-refractivity contribution in [1.29, 1.82) is 0 Å². The van der Waals surface area contributed by atoms with Gasteiger partial charge in [-0.3, -0.25) is 4.79 Å². The number of hydrogen-bond donors (Lipinski definition) is 2. The van der Waals surface area contributed by atoms with Gasteiger partial charge < -0.3 is 10.4 Å². The number of rotatable bonds is 3. The summed E-state index contributed by atoms with van der Waals surface area (Å²) in [5.41, 5.74) is 1.07. The molecule has 3 rings (SSSR count). The van der Waals surface area contributed by atoms with Gasteiger partial charge in [-0.2, -0.15) is 0 Å². The predicted octanol–water partition coefficient (Wildman–Crippen LogP) is 2.44. The molecular weight excluding hydrogens is 288 g/mol. The van der Waals surface area contributed by atoms with Gasteiger partial charge in [0, 0.05) is 4.90 Å². The number of amides is 1. The van der Waals surface area contributed by atoms with Crippen molar-refractivity contribution in [3.05, 3.63) is 53.7 Å². The van der Waals surface area contributed by atoms with E-state index in [0.717, 1.165) is 10.5 Å². The van der Waals surface area contributed by atoms with Crippen LogP contribution in [0.4, 0.5) is 5.82 Å². The highest BCUT2D eigenvalue weighted by Crippen LogP contribution is 2.37. The van der Waals surface area contributed by atoms with Crippen molar-refractivity contribution in [2.24, 2.45) is 0 Å². The predicted molar refractivity (Wildman–Crippen MR) is 79.6 cm³/mol. The number of carbonyl (C=O) groups excluding carboxylic acids is 1. The highest BCUT2D eigenvalue weighted by Gasteiger charge is 2.28. The lowest BCUT2D eigenvalue weighted by Crippen LogP contribution is -2.25. The molecule has 0 saturated heterocycles. The van der Waals surface area contributed by atoms with E-state index in [2.05, 4.69) is 10.3 Å². The molecule has 1 aromatic heterocycles. The Hall–Kier alpha value is -2.34. The van der Waals surface area contributed by atoms with Gasteiger partial charge in [-0.25, -0.2) is 9.78 Å². The second-order valence-electron chi connectivity index (χ2n) is 4.62. The van der Waals surface area contributed by atoms with Crippen LogP contribution in [0.15, 0.2) is 47.4 Å². The van der Waals surface area contributed by atoms with Crippen LogP contribution in [0.1, 0.15) is 16.1 Å². The molecule has 21 heavy (non-hydrogen) atoms. The summed E-state index contributed by atoms with van der Waals surface area (Å²) in [6, 6.07) is 12.4. The van der Waals surface area contributed by atoms with Crippen LogP contribution in [-0.4, -0.2) is 27.2 Å². The first kappa shape index (κ1) is 13.6. The van der Waals surface area contributed by atoms with Crippen molar-refractivity contribution in [3.63, 3.8) is 0 Å². The second-order valence-corrected chi connectivity index (χ2v) is 5.87. The minimum atomic E-state index is -1.12. The van der Waals surface area contributed by atoms with E-state index >= 15 is 0 Å². The summed E-state index contributed by atoms with van der Waals surface area (Å²) >= 11 is 1.52. The molecule has 1 aliphatic heterocycles. The van der Waals surface area contributed by atoms with Crippen LogP contribution >= 0.6 is 11.8 Å². The molecule has 0 spiro atoms. The summed E-state index contributed by atoms with van der Waals surface area (Å²) in [5.74, 6) is -1.02. The standard InChI is InChI=1S/C15H12N2O3S/c18-14(12-8-9-4-1-2-6-11(9)21-12)17-13-7-3-5-10(16-13)15(19)20/h1-7,12H,8H2,(H,19,20)(H,16,17,18). The van der Waals surface area contributed by atoms with Gasteiger partial charge in [0.2, 0.25) is 5.91 Å². The number of fused-ring (bicyclic) bond motifs is 1. The average molecular weight is 300 g/mol. The monoisotopic (exact) mass is 300 g/mol. The third-order valence-corrected chi connectivity index (χ3v) is 4.48. The van der Waals surface area contributed by atoms with E-state index in [1.807, 2.05) is 24.3 Å². The van der Waals surface area contributed by atoms with E-state index < -0.39 is 5.97 Å². The fraction of sp³-hybridized carbons (Fsp3) is 0.133. The number of carbonyl (C=O) groups is 2. The van der Waals surface area contributed by atoms with Gasteiger partial charge in [0.15, 0.2) is 5.69 Å². The maximum absolute atomic E-state index is 12.2. The molecule has 1 aromatic carbocycles. The number of carboxylic acid groups (broad SMARTS) is 1.